The molecule has 2 rings (SSSR count). The summed E-state index contributed by atoms with van der Waals surface area (Å²) in [6, 6.07) is 6.10. The molecule has 0 N–H and O–H groups in total. The zero-order valence-corrected chi connectivity index (χ0v) is 14.6. The topological polar surface area (TPSA) is 72.9 Å². The highest BCUT2D eigenvalue weighted by atomic mass is 32.2. The van der Waals surface area contributed by atoms with Gasteiger partial charge in [0.15, 0.2) is 5.67 Å². The van der Waals surface area contributed by atoms with Crippen molar-refractivity contribution >= 4 is 16.2 Å². The van der Waals surface area contributed by atoms with Crippen molar-refractivity contribution < 1.29 is 26.5 Å². The third-order valence-corrected chi connectivity index (χ3v) is 4.99. The normalized spacial score (nSPS) is 16.5. The van der Waals surface area contributed by atoms with Crippen LogP contribution in [0.25, 0.3) is 0 Å². The van der Waals surface area contributed by atoms with Crippen molar-refractivity contribution in [2.75, 3.05) is 26.3 Å². The van der Waals surface area contributed by atoms with E-state index in [0.29, 0.717) is 6.61 Å². The Kier molecular flexibility index (Phi) is 5.82. The van der Waals surface area contributed by atoms with Gasteiger partial charge in [-0.15, -0.1) is 0 Å². The Hall–Kier alpha value is -1.67. The first-order valence-corrected chi connectivity index (χ1v) is 9.23. The van der Waals surface area contributed by atoms with Crippen molar-refractivity contribution in [1.82, 2.24) is 4.90 Å². The van der Waals surface area contributed by atoms with Crippen LogP contribution in [0.1, 0.15) is 25.3 Å². The molecule has 1 aliphatic rings. The lowest BCUT2D eigenvalue weighted by Crippen LogP contribution is -2.63. The second-order valence-electron chi connectivity index (χ2n) is 6.00. The van der Waals surface area contributed by atoms with E-state index < -0.39 is 28.5 Å². The highest BCUT2D eigenvalue weighted by molar-refractivity contribution is 7.86. The molecule has 6 nitrogen and oxygen atoms in total. The van der Waals surface area contributed by atoms with Crippen LogP contribution in [-0.4, -0.2) is 51.4 Å². The van der Waals surface area contributed by atoms with Crippen molar-refractivity contribution in [3.63, 3.8) is 0 Å². The van der Waals surface area contributed by atoms with Crippen LogP contribution in [0.3, 0.4) is 0 Å². The summed E-state index contributed by atoms with van der Waals surface area (Å²) in [5, 5.41) is 0. The molecule has 134 valence electrons. The lowest BCUT2D eigenvalue weighted by Gasteiger charge is -2.42. The van der Waals surface area contributed by atoms with Crippen LogP contribution in [-0.2, 0) is 19.0 Å². The van der Waals surface area contributed by atoms with Crippen LogP contribution in [0, 0.1) is 6.92 Å². The van der Waals surface area contributed by atoms with Gasteiger partial charge in [-0.3, -0.25) is 4.18 Å². The number of halogens is 1. The van der Waals surface area contributed by atoms with Gasteiger partial charge in [-0.1, -0.05) is 31.0 Å². The zero-order chi connectivity index (χ0) is 17.8. The minimum Gasteiger partial charge on any atom is -0.449 e. The number of benzene rings is 1. The van der Waals surface area contributed by atoms with Gasteiger partial charge in [-0.2, -0.15) is 8.42 Å². The van der Waals surface area contributed by atoms with Gasteiger partial charge in [-0.05, 0) is 25.5 Å². The molecule has 1 aromatic carbocycles. The fourth-order valence-electron chi connectivity index (χ4n) is 2.21. The molecule has 8 heteroatoms. The Morgan fingerprint density at radius 3 is 2.50 bits per heavy atom. The predicted octanol–water partition coefficient (Wildman–Crippen LogP) is 2.66. The van der Waals surface area contributed by atoms with Crippen molar-refractivity contribution in [3.8, 4) is 0 Å². The predicted molar refractivity (Wildman–Crippen MR) is 86.0 cm³/mol. The van der Waals surface area contributed by atoms with Crippen LogP contribution in [0.5, 0.6) is 0 Å². The lowest BCUT2D eigenvalue weighted by molar-refractivity contribution is -0.0528. The number of hydrogen-bond acceptors (Lipinski definition) is 5. The van der Waals surface area contributed by atoms with Crippen molar-refractivity contribution in [2.45, 2.75) is 37.3 Å². The summed E-state index contributed by atoms with van der Waals surface area (Å²) in [6.07, 6.45) is 1.06. The first-order valence-electron chi connectivity index (χ1n) is 7.82. The van der Waals surface area contributed by atoms with Gasteiger partial charge in [0.25, 0.3) is 10.1 Å². The number of aryl methyl sites for hydroxylation is 1. The van der Waals surface area contributed by atoms with E-state index in [1.807, 2.05) is 13.8 Å². The Labute approximate surface area is 141 Å². The van der Waals surface area contributed by atoms with Gasteiger partial charge in [-0.25, -0.2) is 9.18 Å². The largest absolute Gasteiger partial charge is 0.449 e. The minimum atomic E-state index is -4.02. The van der Waals surface area contributed by atoms with Crippen molar-refractivity contribution in [3.05, 3.63) is 29.8 Å². The number of amides is 1. The number of rotatable bonds is 7. The molecular formula is C16H22FNO5S. The Morgan fingerprint density at radius 1 is 1.29 bits per heavy atom. The third kappa shape index (κ3) is 4.67. The fraction of sp³-hybridized carbons (Fsp3) is 0.562. The molecule has 0 bridgehead atoms. The van der Waals surface area contributed by atoms with Crippen LogP contribution >= 0.6 is 0 Å². The van der Waals surface area contributed by atoms with Crippen molar-refractivity contribution in [2.24, 2.45) is 0 Å². The molecule has 1 saturated heterocycles. The molecule has 1 heterocycles. The summed E-state index contributed by atoms with van der Waals surface area (Å²) in [4.78, 5) is 12.8. The summed E-state index contributed by atoms with van der Waals surface area (Å²) in [5.74, 6) is 0. The monoisotopic (exact) mass is 359 g/mol. The summed E-state index contributed by atoms with van der Waals surface area (Å²) in [6.45, 7) is 3.00. The third-order valence-electron chi connectivity index (χ3n) is 3.71. The zero-order valence-electron chi connectivity index (χ0n) is 13.8. The maximum absolute atomic E-state index is 14.4. The second-order valence-corrected chi connectivity index (χ2v) is 7.62. The van der Waals surface area contributed by atoms with Gasteiger partial charge in [0.2, 0.25) is 0 Å². The van der Waals surface area contributed by atoms with Crippen molar-refractivity contribution in [1.29, 1.82) is 0 Å². The molecule has 0 spiro atoms. The standard InChI is InChI=1S/C16H22FNO5S/c1-3-4-9-22-15(19)18-10-16(17,11-18)12-23-24(20,21)14-7-5-13(2)6-8-14/h5-8H,3-4,9-12H2,1-2H3. The van der Waals surface area contributed by atoms with E-state index in [1.54, 1.807) is 12.1 Å². The summed E-state index contributed by atoms with van der Waals surface area (Å²) >= 11 is 0. The molecule has 0 radical (unpaired) electrons. The van der Waals surface area contributed by atoms with Gasteiger partial charge < -0.3 is 9.64 Å². The number of likely N-dealkylation sites (tertiary alicyclic amines) is 1. The highest BCUT2D eigenvalue weighted by Gasteiger charge is 2.47. The van der Waals surface area contributed by atoms with E-state index in [-0.39, 0.29) is 18.0 Å². The molecule has 0 saturated carbocycles. The van der Waals surface area contributed by atoms with Crippen LogP contribution in [0.2, 0.25) is 0 Å². The summed E-state index contributed by atoms with van der Waals surface area (Å²) < 4.78 is 48.2. The molecule has 0 atom stereocenters. The maximum atomic E-state index is 14.4. The second kappa shape index (κ2) is 7.48. The molecule has 1 fully saturated rings. The van der Waals surface area contributed by atoms with Gasteiger partial charge in [0.1, 0.15) is 6.61 Å². The van der Waals surface area contributed by atoms with Gasteiger partial charge >= 0.3 is 6.09 Å². The molecule has 1 amide bonds. The first kappa shape index (κ1) is 18.7. The SMILES string of the molecule is CCCCOC(=O)N1CC(F)(COS(=O)(=O)c2ccc(C)cc2)C1. The first-order chi connectivity index (χ1) is 11.3. The van der Waals surface area contributed by atoms with E-state index in [0.717, 1.165) is 18.4 Å². The number of alkyl halides is 1. The average molecular weight is 359 g/mol. The number of unbranched alkanes of at least 4 members (excludes halogenated alkanes) is 1. The van der Waals surface area contributed by atoms with E-state index in [9.17, 15) is 17.6 Å². The number of ether oxygens (including phenoxy) is 1. The molecule has 0 aromatic heterocycles. The lowest BCUT2D eigenvalue weighted by atomic mass is 9.98. The Morgan fingerprint density at radius 2 is 1.92 bits per heavy atom. The van der Waals surface area contributed by atoms with Crippen LogP contribution < -0.4 is 0 Å². The smallest absolute Gasteiger partial charge is 0.409 e. The molecule has 1 aliphatic heterocycles. The molecule has 24 heavy (non-hydrogen) atoms. The van der Waals surface area contributed by atoms with E-state index in [2.05, 4.69) is 0 Å². The average Bonchev–Trinajstić information content (AvgIpc) is 2.51. The van der Waals surface area contributed by atoms with Crippen LogP contribution in [0.4, 0.5) is 9.18 Å². The van der Waals surface area contributed by atoms with E-state index >= 15 is 0 Å². The van der Waals surface area contributed by atoms with Gasteiger partial charge in [0.05, 0.1) is 24.6 Å². The molecule has 0 aliphatic carbocycles. The number of hydrogen-bond donors (Lipinski definition) is 0. The number of nitrogens with zero attached hydrogens (tertiary/aromatic N) is 1. The van der Waals surface area contributed by atoms with E-state index in [1.165, 1.54) is 17.0 Å². The van der Waals surface area contributed by atoms with Crippen LogP contribution in [0.15, 0.2) is 29.2 Å². The molecule has 0 unspecified atom stereocenters. The molecule has 1 aromatic rings. The Bertz CT molecular complexity index is 668. The minimum absolute atomic E-state index is 0.0214. The highest BCUT2D eigenvalue weighted by Crippen LogP contribution is 2.28. The maximum Gasteiger partial charge on any atom is 0.409 e. The summed E-state index contributed by atoms with van der Waals surface area (Å²) in [5.41, 5.74) is -0.964. The Balaban J connectivity index is 1.82. The van der Waals surface area contributed by atoms with Gasteiger partial charge in [0, 0.05) is 0 Å². The van der Waals surface area contributed by atoms with E-state index in [4.69, 9.17) is 8.92 Å². The fourth-order valence-corrected chi connectivity index (χ4v) is 3.18. The molecular weight excluding hydrogens is 337 g/mol. The summed E-state index contributed by atoms with van der Waals surface area (Å²) in [7, 11) is -4.02. The number of carbonyl (C=O) groups is 1. The quantitative estimate of drug-likeness (QED) is 0.553. The number of carbonyl (C=O) groups excluding carboxylic acids is 1.